The van der Waals surface area contributed by atoms with Crippen LogP contribution < -0.4 is 5.32 Å². The van der Waals surface area contributed by atoms with Crippen molar-refractivity contribution in [3.63, 3.8) is 0 Å². The molecule has 0 radical (unpaired) electrons. The zero-order valence-corrected chi connectivity index (χ0v) is 6.85. The SMILES string of the molecule is CC(C)N1CC2(CNC2)C1.[HH]. The number of nitrogens with zero attached hydrogens (tertiary/aromatic N) is 1. The molecule has 1 spiro atoms. The molecule has 2 heterocycles. The number of rotatable bonds is 1. The second kappa shape index (κ2) is 1.95. The molecule has 0 aromatic heterocycles. The first-order valence-electron chi connectivity index (χ1n) is 4.17. The van der Waals surface area contributed by atoms with Crippen LogP contribution in [-0.2, 0) is 0 Å². The fourth-order valence-electron chi connectivity index (χ4n) is 1.88. The summed E-state index contributed by atoms with van der Waals surface area (Å²) >= 11 is 0. The summed E-state index contributed by atoms with van der Waals surface area (Å²) in [7, 11) is 0. The van der Waals surface area contributed by atoms with Crippen LogP contribution in [0.2, 0.25) is 0 Å². The van der Waals surface area contributed by atoms with Crippen molar-refractivity contribution in [2.75, 3.05) is 26.2 Å². The Balaban J connectivity index is 0.000000605. The topological polar surface area (TPSA) is 15.3 Å². The first-order valence-corrected chi connectivity index (χ1v) is 4.17. The van der Waals surface area contributed by atoms with Crippen LogP contribution in [0.15, 0.2) is 0 Å². The lowest BCUT2D eigenvalue weighted by molar-refractivity contribution is -0.0569. The normalized spacial score (nSPS) is 30.3. The Hall–Kier alpha value is -0.0800. The zero-order chi connectivity index (χ0) is 7.19. The van der Waals surface area contributed by atoms with Crippen LogP contribution in [0.25, 0.3) is 0 Å². The zero-order valence-electron chi connectivity index (χ0n) is 6.85. The number of nitrogens with one attached hydrogen (secondary N) is 1. The van der Waals surface area contributed by atoms with Crippen molar-refractivity contribution >= 4 is 0 Å². The Morgan fingerprint density at radius 3 is 2.30 bits per heavy atom. The summed E-state index contributed by atoms with van der Waals surface area (Å²) in [6.07, 6.45) is 0. The largest absolute Gasteiger partial charge is 0.315 e. The van der Waals surface area contributed by atoms with Gasteiger partial charge in [-0.2, -0.15) is 0 Å². The average Bonchev–Trinajstić information content (AvgIpc) is 1.54. The number of hydrogen-bond donors (Lipinski definition) is 1. The van der Waals surface area contributed by atoms with Gasteiger partial charge in [0.1, 0.15) is 0 Å². The lowest BCUT2D eigenvalue weighted by Crippen LogP contribution is -2.72. The van der Waals surface area contributed by atoms with E-state index < -0.39 is 0 Å². The van der Waals surface area contributed by atoms with Gasteiger partial charge in [-0.05, 0) is 13.8 Å². The van der Waals surface area contributed by atoms with E-state index >= 15 is 0 Å². The van der Waals surface area contributed by atoms with Crippen LogP contribution in [0.3, 0.4) is 0 Å². The van der Waals surface area contributed by atoms with Gasteiger partial charge >= 0.3 is 0 Å². The van der Waals surface area contributed by atoms with Crippen molar-refractivity contribution in [1.29, 1.82) is 0 Å². The summed E-state index contributed by atoms with van der Waals surface area (Å²) < 4.78 is 0. The van der Waals surface area contributed by atoms with E-state index in [0.717, 1.165) is 6.04 Å². The van der Waals surface area contributed by atoms with Gasteiger partial charge in [-0.25, -0.2) is 0 Å². The van der Waals surface area contributed by atoms with E-state index in [1.165, 1.54) is 26.2 Å². The molecular formula is C8H18N2. The third-order valence-electron chi connectivity index (χ3n) is 2.81. The monoisotopic (exact) mass is 142 g/mol. The molecule has 10 heavy (non-hydrogen) atoms. The highest BCUT2D eigenvalue weighted by molar-refractivity contribution is 5.04. The first kappa shape index (κ1) is 6.62. The lowest BCUT2D eigenvalue weighted by Gasteiger charge is -2.57. The maximum absolute atomic E-state index is 3.34. The Labute approximate surface area is 64.1 Å². The molecule has 60 valence electrons. The molecule has 0 aromatic rings. The fourth-order valence-corrected chi connectivity index (χ4v) is 1.88. The van der Waals surface area contributed by atoms with Gasteiger partial charge in [0, 0.05) is 39.1 Å². The van der Waals surface area contributed by atoms with Crippen LogP contribution in [-0.4, -0.2) is 37.1 Å². The smallest absolute Gasteiger partial charge is 0.0207 e. The average molecular weight is 142 g/mol. The predicted octanol–water partition coefficient (Wildman–Crippen LogP) is 0.546. The molecule has 0 bridgehead atoms. The van der Waals surface area contributed by atoms with Gasteiger partial charge in [0.15, 0.2) is 0 Å². The van der Waals surface area contributed by atoms with Gasteiger partial charge in [0.05, 0.1) is 0 Å². The standard InChI is InChI=1S/C8H16N2.H2/c1-7(2)10-5-8(6-10)3-9-4-8;/h7,9H,3-6H2,1-2H3;1H. The van der Waals surface area contributed by atoms with Crippen LogP contribution in [0.1, 0.15) is 15.3 Å². The van der Waals surface area contributed by atoms with Crippen LogP contribution in [0.4, 0.5) is 0 Å². The van der Waals surface area contributed by atoms with Gasteiger partial charge in [-0.1, -0.05) is 0 Å². The second-order valence-electron chi connectivity index (χ2n) is 4.10. The van der Waals surface area contributed by atoms with E-state index in [-0.39, 0.29) is 1.43 Å². The molecule has 2 aliphatic rings. The molecule has 0 aliphatic carbocycles. The van der Waals surface area contributed by atoms with E-state index in [2.05, 4.69) is 24.1 Å². The highest BCUT2D eigenvalue weighted by Gasteiger charge is 2.47. The summed E-state index contributed by atoms with van der Waals surface area (Å²) in [4.78, 5) is 2.54. The summed E-state index contributed by atoms with van der Waals surface area (Å²) in [5.41, 5.74) is 0.713. The van der Waals surface area contributed by atoms with Crippen molar-refractivity contribution in [2.45, 2.75) is 19.9 Å². The third-order valence-corrected chi connectivity index (χ3v) is 2.81. The Morgan fingerprint density at radius 2 is 2.00 bits per heavy atom. The first-order chi connectivity index (χ1) is 4.72. The van der Waals surface area contributed by atoms with E-state index in [4.69, 9.17) is 0 Å². The van der Waals surface area contributed by atoms with Gasteiger partial charge < -0.3 is 5.32 Å². The van der Waals surface area contributed by atoms with Gasteiger partial charge in [-0.15, -0.1) is 0 Å². The third kappa shape index (κ3) is 0.789. The van der Waals surface area contributed by atoms with E-state index in [1.807, 2.05) is 0 Å². The molecule has 1 N–H and O–H groups in total. The van der Waals surface area contributed by atoms with Crippen molar-refractivity contribution in [3.8, 4) is 0 Å². The highest BCUT2D eigenvalue weighted by atomic mass is 15.3. The van der Waals surface area contributed by atoms with Crippen LogP contribution in [0.5, 0.6) is 0 Å². The molecule has 2 saturated heterocycles. The highest BCUT2D eigenvalue weighted by Crippen LogP contribution is 2.34. The Kier molecular flexibility index (Phi) is 1.29. The molecule has 0 amide bonds. The summed E-state index contributed by atoms with van der Waals surface area (Å²) in [5, 5.41) is 3.34. The molecule has 2 rings (SSSR count). The second-order valence-corrected chi connectivity index (χ2v) is 4.10. The maximum Gasteiger partial charge on any atom is 0.0207 e. The molecule has 0 atom stereocenters. The minimum absolute atomic E-state index is 0. The van der Waals surface area contributed by atoms with E-state index in [1.54, 1.807) is 0 Å². The minimum atomic E-state index is 0. The van der Waals surface area contributed by atoms with Gasteiger partial charge in [0.2, 0.25) is 0 Å². The molecule has 0 unspecified atom stereocenters. The van der Waals surface area contributed by atoms with E-state index in [0.29, 0.717) is 5.41 Å². The molecule has 0 saturated carbocycles. The van der Waals surface area contributed by atoms with Crippen LogP contribution >= 0.6 is 0 Å². The molecule has 2 fully saturated rings. The summed E-state index contributed by atoms with van der Waals surface area (Å²) in [6, 6.07) is 0.756. The van der Waals surface area contributed by atoms with Gasteiger partial charge in [-0.3, -0.25) is 4.90 Å². The molecule has 2 nitrogen and oxygen atoms in total. The van der Waals surface area contributed by atoms with Crippen molar-refractivity contribution < 1.29 is 1.43 Å². The van der Waals surface area contributed by atoms with Crippen molar-refractivity contribution in [1.82, 2.24) is 10.2 Å². The predicted molar refractivity (Wildman–Crippen MR) is 44.1 cm³/mol. The lowest BCUT2D eigenvalue weighted by atomic mass is 9.74. The number of likely N-dealkylation sites (tertiary alicyclic amines) is 1. The van der Waals surface area contributed by atoms with E-state index in [9.17, 15) is 0 Å². The van der Waals surface area contributed by atoms with Gasteiger partial charge in [0.25, 0.3) is 0 Å². The van der Waals surface area contributed by atoms with Crippen molar-refractivity contribution in [3.05, 3.63) is 0 Å². The summed E-state index contributed by atoms with van der Waals surface area (Å²) in [6.45, 7) is 9.74. The minimum Gasteiger partial charge on any atom is -0.315 e. The summed E-state index contributed by atoms with van der Waals surface area (Å²) in [5.74, 6) is 0. The quantitative estimate of drug-likeness (QED) is 0.575. The molecule has 2 heteroatoms. The fraction of sp³-hybridized carbons (Fsp3) is 1.00. The molecule has 0 aromatic carbocycles. The number of hydrogen-bond acceptors (Lipinski definition) is 2. The molecule has 2 aliphatic heterocycles. The Morgan fingerprint density at radius 1 is 1.40 bits per heavy atom. The Bertz CT molecular complexity index is 135. The molecular weight excluding hydrogens is 124 g/mol. The maximum atomic E-state index is 3.34. The van der Waals surface area contributed by atoms with Crippen LogP contribution in [0, 0.1) is 5.41 Å². The van der Waals surface area contributed by atoms with Crippen molar-refractivity contribution in [2.24, 2.45) is 5.41 Å².